The molecule has 2 aliphatic heterocycles. The number of rotatable bonds is 4. The highest BCUT2D eigenvalue weighted by Gasteiger charge is 2.51. The molecule has 0 radical (unpaired) electrons. The summed E-state index contributed by atoms with van der Waals surface area (Å²) in [5.74, 6) is 0.853. The highest BCUT2D eigenvalue weighted by atomic mass is 16.5. The third kappa shape index (κ3) is 3.25. The summed E-state index contributed by atoms with van der Waals surface area (Å²) in [6.45, 7) is 2.36. The van der Waals surface area contributed by atoms with Gasteiger partial charge in [-0.1, -0.05) is 12.1 Å². The molecule has 2 amide bonds. The summed E-state index contributed by atoms with van der Waals surface area (Å²) >= 11 is 0. The Balaban J connectivity index is 1.44. The van der Waals surface area contributed by atoms with E-state index in [-0.39, 0.29) is 11.8 Å². The normalized spacial score (nSPS) is 21.9. The smallest absolute Gasteiger partial charge is 0.255 e. The first-order valence-corrected chi connectivity index (χ1v) is 9.10. The fraction of sp³-hybridized carbons (Fsp3) is 0.400. The zero-order valence-electron chi connectivity index (χ0n) is 15.3. The number of amides is 2. The second kappa shape index (κ2) is 6.98. The SMILES string of the molecule is COc1cccc(CN2CCC3(CCN(C(=O)c4ccnnc4)C3)C2=O)c1. The first kappa shape index (κ1) is 17.5. The molecule has 0 saturated carbocycles. The van der Waals surface area contributed by atoms with E-state index in [4.69, 9.17) is 4.74 Å². The Morgan fingerprint density at radius 2 is 2.07 bits per heavy atom. The van der Waals surface area contributed by atoms with E-state index in [9.17, 15) is 9.59 Å². The van der Waals surface area contributed by atoms with Gasteiger partial charge in [0.1, 0.15) is 5.75 Å². The van der Waals surface area contributed by atoms with Gasteiger partial charge in [-0.3, -0.25) is 9.59 Å². The predicted octanol–water partition coefficient (Wildman–Crippen LogP) is 1.75. The fourth-order valence-corrected chi connectivity index (χ4v) is 4.06. The third-order valence-electron chi connectivity index (χ3n) is 5.58. The van der Waals surface area contributed by atoms with E-state index in [0.29, 0.717) is 31.6 Å². The van der Waals surface area contributed by atoms with Gasteiger partial charge in [-0.05, 0) is 36.6 Å². The number of carbonyl (C=O) groups is 2. The minimum atomic E-state index is -0.449. The van der Waals surface area contributed by atoms with Crippen LogP contribution in [0.2, 0.25) is 0 Å². The van der Waals surface area contributed by atoms with Crippen LogP contribution in [0.5, 0.6) is 5.75 Å². The fourth-order valence-electron chi connectivity index (χ4n) is 4.06. The lowest BCUT2D eigenvalue weighted by Gasteiger charge is -2.24. The Morgan fingerprint density at radius 3 is 2.85 bits per heavy atom. The Kier molecular flexibility index (Phi) is 4.51. The Bertz CT molecular complexity index is 857. The number of aromatic nitrogens is 2. The molecule has 7 nitrogen and oxygen atoms in total. The van der Waals surface area contributed by atoms with E-state index in [1.165, 1.54) is 12.4 Å². The van der Waals surface area contributed by atoms with Crippen LogP contribution in [0.1, 0.15) is 28.8 Å². The van der Waals surface area contributed by atoms with Crippen LogP contribution in [0.15, 0.2) is 42.7 Å². The molecule has 1 atom stereocenters. The molecule has 140 valence electrons. The molecule has 1 aromatic carbocycles. The molecule has 7 heteroatoms. The van der Waals surface area contributed by atoms with Gasteiger partial charge in [0.15, 0.2) is 0 Å². The maximum Gasteiger partial charge on any atom is 0.255 e. The molecule has 2 aromatic rings. The number of hydrogen-bond acceptors (Lipinski definition) is 5. The highest BCUT2D eigenvalue weighted by molar-refractivity contribution is 5.95. The van der Waals surface area contributed by atoms with Crippen molar-refractivity contribution in [3.05, 3.63) is 53.9 Å². The number of methoxy groups -OCH3 is 1. The van der Waals surface area contributed by atoms with Gasteiger partial charge in [-0.25, -0.2) is 0 Å². The van der Waals surface area contributed by atoms with Crippen molar-refractivity contribution in [2.45, 2.75) is 19.4 Å². The first-order chi connectivity index (χ1) is 13.1. The summed E-state index contributed by atoms with van der Waals surface area (Å²) in [6.07, 6.45) is 4.48. The van der Waals surface area contributed by atoms with Gasteiger partial charge in [-0.2, -0.15) is 10.2 Å². The number of nitrogens with zero attached hydrogens (tertiary/aromatic N) is 4. The molecular weight excluding hydrogens is 344 g/mol. The van der Waals surface area contributed by atoms with Gasteiger partial charge >= 0.3 is 0 Å². The van der Waals surface area contributed by atoms with Crippen molar-refractivity contribution >= 4 is 11.8 Å². The van der Waals surface area contributed by atoms with Crippen LogP contribution in [0.25, 0.3) is 0 Å². The van der Waals surface area contributed by atoms with Gasteiger partial charge in [-0.15, -0.1) is 0 Å². The van der Waals surface area contributed by atoms with Crippen molar-refractivity contribution in [3.63, 3.8) is 0 Å². The van der Waals surface area contributed by atoms with Crippen molar-refractivity contribution in [2.75, 3.05) is 26.7 Å². The van der Waals surface area contributed by atoms with Crippen molar-refractivity contribution < 1.29 is 14.3 Å². The molecule has 2 aliphatic rings. The van der Waals surface area contributed by atoms with Crippen LogP contribution in [0, 0.1) is 5.41 Å². The van der Waals surface area contributed by atoms with Crippen LogP contribution >= 0.6 is 0 Å². The highest BCUT2D eigenvalue weighted by Crippen LogP contribution is 2.41. The minimum absolute atomic E-state index is 0.0826. The molecule has 0 aliphatic carbocycles. The second-order valence-electron chi connectivity index (χ2n) is 7.22. The van der Waals surface area contributed by atoms with Crippen LogP contribution in [0.4, 0.5) is 0 Å². The third-order valence-corrected chi connectivity index (χ3v) is 5.58. The van der Waals surface area contributed by atoms with E-state index in [1.807, 2.05) is 29.2 Å². The first-order valence-electron chi connectivity index (χ1n) is 9.10. The Labute approximate surface area is 157 Å². The molecule has 27 heavy (non-hydrogen) atoms. The lowest BCUT2D eigenvalue weighted by Crippen LogP contribution is -2.38. The number of carbonyl (C=O) groups excluding carboxylic acids is 2. The quantitative estimate of drug-likeness (QED) is 0.824. The predicted molar refractivity (Wildman–Crippen MR) is 98.0 cm³/mol. The van der Waals surface area contributed by atoms with Gasteiger partial charge in [0.2, 0.25) is 5.91 Å². The molecule has 1 spiro atoms. The summed E-state index contributed by atoms with van der Waals surface area (Å²) in [5.41, 5.74) is 1.11. The van der Waals surface area contributed by atoms with Crippen molar-refractivity contribution in [3.8, 4) is 5.75 Å². The monoisotopic (exact) mass is 366 g/mol. The average Bonchev–Trinajstić information content (AvgIpc) is 3.28. The standard InChI is InChI=1S/C20H22N4O3/c1-27-17-4-2-3-15(11-17)13-23-9-6-20(19(23)26)7-10-24(14-20)18(25)16-5-8-21-22-12-16/h2-5,8,11-12H,6-7,9-10,13-14H2,1H3. The zero-order valence-corrected chi connectivity index (χ0v) is 15.3. The summed E-state index contributed by atoms with van der Waals surface area (Å²) in [5, 5.41) is 7.48. The lowest BCUT2D eigenvalue weighted by molar-refractivity contribution is -0.135. The van der Waals surface area contributed by atoms with Crippen LogP contribution in [0.3, 0.4) is 0 Å². The molecule has 2 fully saturated rings. The van der Waals surface area contributed by atoms with Gasteiger partial charge in [0, 0.05) is 26.2 Å². The van der Waals surface area contributed by atoms with Gasteiger partial charge < -0.3 is 14.5 Å². The number of likely N-dealkylation sites (tertiary alicyclic amines) is 2. The van der Waals surface area contributed by atoms with E-state index in [1.54, 1.807) is 18.1 Å². The van der Waals surface area contributed by atoms with E-state index in [0.717, 1.165) is 24.3 Å². The topological polar surface area (TPSA) is 75.6 Å². The van der Waals surface area contributed by atoms with Crippen LogP contribution in [-0.2, 0) is 11.3 Å². The number of hydrogen-bond donors (Lipinski definition) is 0. The van der Waals surface area contributed by atoms with E-state index < -0.39 is 5.41 Å². The van der Waals surface area contributed by atoms with Crippen LogP contribution in [-0.4, -0.2) is 58.6 Å². The van der Waals surface area contributed by atoms with E-state index in [2.05, 4.69) is 10.2 Å². The summed E-state index contributed by atoms with van der Waals surface area (Å²) in [6, 6.07) is 9.45. The average molecular weight is 366 g/mol. The maximum atomic E-state index is 13.1. The molecule has 2 saturated heterocycles. The summed E-state index contributed by atoms with van der Waals surface area (Å²) in [7, 11) is 1.64. The Hall–Kier alpha value is -2.96. The largest absolute Gasteiger partial charge is 0.497 e. The molecule has 0 N–H and O–H groups in total. The second-order valence-corrected chi connectivity index (χ2v) is 7.22. The maximum absolute atomic E-state index is 13.1. The zero-order chi connectivity index (χ0) is 18.9. The van der Waals surface area contributed by atoms with Gasteiger partial charge in [0.25, 0.3) is 5.91 Å². The Morgan fingerprint density at radius 1 is 1.22 bits per heavy atom. The summed E-state index contributed by atoms with van der Waals surface area (Å²) < 4.78 is 5.26. The molecule has 1 unspecified atom stereocenters. The molecule has 0 bridgehead atoms. The molecular formula is C20H22N4O3. The summed E-state index contributed by atoms with van der Waals surface area (Å²) in [4.78, 5) is 29.5. The van der Waals surface area contributed by atoms with Crippen molar-refractivity contribution in [1.29, 1.82) is 0 Å². The number of benzene rings is 1. The van der Waals surface area contributed by atoms with Crippen molar-refractivity contribution in [2.24, 2.45) is 5.41 Å². The minimum Gasteiger partial charge on any atom is -0.497 e. The molecule has 3 heterocycles. The molecule has 1 aromatic heterocycles. The van der Waals surface area contributed by atoms with Crippen LogP contribution < -0.4 is 4.74 Å². The number of ether oxygens (including phenoxy) is 1. The van der Waals surface area contributed by atoms with E-state index >= 15 is 0 Å². The molecule has 4 rings (SSSR count). The van der Waals surface area contributed by atoms with Crippen molar-refractivity contribution in [1.82, 2.24) is 20.0 Å². The lowest BCUT2D eigenvalue weighted by atomic mass is 9.85. The van der Waals surface area contributed by atoms with Gasteiger partial charge in [0.05, 0.1) is 30.5 Å².